The minimum Gasteiger partial charge on any atom is -0.338 e. The van der Waals surface area contributed by atoms with Crippen LogP contribution in [-0.4, -0.2) is 41.4 Å². The quantitative estimate of drug-likeness (QED) is 0.764. The topological polar surface area (TPSA) is 78.5 Å². The van der Waals surface area contributed by atoms with E-state index in [2.05, 4.69) is 10.6 Å². The van der Waals surface area contributed by atoms with E-state index >= 15 is 0 Å². The molecule has 2 aliphatic rings. The van der Waals surface area contributed by atoms with Crippen LogP contribution < -0.4 is 10.6 Å². The number of piperidine rings is 1. The summed E-state index contributed by atoms with van der Waals surface area (Å²) in [7, 11) is 0. The average Bonchev–Trinajstić information content (AvgIpc) is 2.76. The van der Waals surface area contributed by atoms with Crippen molar-refractivity contribution >= 4 is 41.0 Å². The molecule has 2 aliphatic heterocycles. The second-order valence-corrected chi connectivity index (χ2v) is 6.23. The first kappa shape index (κ1) is 15.1. The van der Waals surface area contributed by atoms with Crippen molar-refractivity contribution < 1.29 is 14.4 Å². The largest absolute Gasteiger partial charge is 0.338 e. The summed E-state index contributed by atoms with van der Waals surface area (Å²) in [6.07, 6.45) is 0.773. The third-order valence-electron chi connectivity index (χ3n) is 4.09. The fraction of sp³-hybridized carbons (Fsp3) is 0.357. The van der Waals surface area contributed by atoms with Gasteiger partial charge in [0.25, 0.3) is 11.8 Å². The molecule has 1 aromatic rings. The number of rotatable bonds is 1. The van der Waals surface area contributed by atoms with Crippen LogP contribution in [0.3, 0.4) is 0 Å². The molecule has 0 unspecified atom stereocenters. The van der Waals surface area contributed by atoms with Gasteiger partial charge >= 0.3 is 6.03 Å². The fourth-order valence-electron chi connectivity index (χ4n) is 2.78. The molecule has 0 radical (unpaired) electrons. The minimum absolute atomic E-state index is 0.168. The molecule has 22 heavy (non-hydrogen) atoms. The molecular formula is C14H13Cl2N3O3. The van der Waals surface area contributed by atoms with Crippen LogP contribution in [0, 0.1) is 0 Å². The van der Waals surface area contributed by atoms with Crippen molar-refractivity contribution in [2.24, 2.45) is 0 Å². The first-order chi connectivity index (χ1) is 10.4. The van der Waals surface area contributed by atoms with E-state index in [0.29, 0.717) is 41.5 Å². The second-order valence-electron chi connectivity index (χ2n) is 5.41. The summed E-state index contributed by atoms with van der Waals surface area (Å²) in [5.41, 5.74) is -0.434. The molecule has 0 saturated carbocycles. The lowest BCUT2D eigenvalue weighted by atomic mass is 9.87. The van der Waals surface area contributed by atoms with Crippen LogP contribution in [0.25, 0.3) is 0 Å². The van der Waals surface area contributed by atoms with E-state index in [1.165, 1.54) is 6.07 Å². The molecule has 2 fully saturated rings. The monoisotopic (exact) mass is 341 g/mol. The number of nitrogens with zero attached hydrogens (tertiary/aromatic N) is 1. The van der Waals surface area contributed by atoms with Gasteiger partial charge in [0.05, 0.1) is 10.0 Å². The van der Waals surface area contributed by atoms with Crippen molar-refractivity contribution in [1.82, 2.24) is 15.5 Å². The van der Waals surface area contributed by atoms with Gasteiger partial charge < -0.3 is 10.2 Å². The predicted molar refractivity (Wildman–Crippen MR) is 81.0 cm³/mol. The number of amides is 4. The molecule has 4 amide bonds. The van der Waals surface area contributed by atoms with Crippen molar-refractivity contribution in [2.45, 2.75) is 18.4 Å². The van der Waals surface area contributed by atoms with E-state index in [1.807, 2.05) is 0 Å². The van der Waals surface area contributed by atoms with Crippen LogP contribution in [-0.2, 0) is 4.79 Å². The summed E-state index contributed by atoms with van der Waals surface area (Å²) in [6.45, 7) is 0.763. The summed E-state index contributed by atoms with van der Waals surface area (Å²) < 4.78 is 0. The van der Waals surface area contributed by atoms with Crippen LogP contribution in [0.4, 0.5) is 4.79 Å². The third kappa shape index (κ3) is 2.53. The van der Waals surface area contributed by atoms with Gasteiger partial charge in [-0.1, -0.05) is 23.2 Å². The summed E-state index contributed by atoms with van der Waals surface area (Å²) >= 11 is 11.8. The molecule has 2 heterocycles. The average molecular weight is 342 g/mol. The number of carbonyl (C=O) groups excluding carboxylic acids is 3. The lowest BCUT2D eigenvalue weighted by Gasteiger charge is -2.37. The van der Waals surface area contributed by atoms with Crippen LogP contribution in [0.15, 0.2) is 18.2 Å². The number of hydrogen-bond acceptors (Lipinski definition) is 3. The van der Waals surface area contributed by atoms with Crippen LogP contribution in [0.1, 0.15) is 23.2 Å². The van der Waals surface area contributed by atoms with Gasteiger partial charge in [-0.3, -0.25) is 14.9 Å². The van der Waals surface area contributed by atoms with E-state index in [1.54, 1.807) is 17.0 Å². The molecular weight excluding hydrogens is 329 g/mol. The predicted octanol–water partition coefficient (Wildman–Crippen LogP) is 1.81. The fourth-order valence-corrected chi connectivity index (χ4v) is 3.08. The molecule has 0 atom stereocenters. The number of halogens is 2. The maximum atomic E-state index is 12.4. The maximum Gasteiger partial charge on any atom is 0.322 e. The Morgan fingerprint density at radius 1 is 1.14 bits per heavy atom. The lowest BCUT2D eigenvalue weighted by Crippen LogP contribution is -2.55. The van der Waals surface area contributed by atoms with Gasteiger partial charge in [0, 0.05) is 18.7 Å². The van der Waals surface area contributed by atoms with E-state index in [0.717, 1.165) is 0 Å². The van der Waals surface area contributed by atoms with E-state index in [-0.39, 0.29) is 11.8 Å². The Balaban J connectivity index is 1.71. The van der Waals surface area contributed by atoms with Gasteiger partial charge in [0.2, 0.25) is 0 Å². The van der Waals surface area contributed by atoms with Crippen LogP contribution >= 0.6 is 23.2 Å². The number of imide groups is 1. The van der Waals surface area contributed by atoms with E-state index < -0.39 is 11.6 Å². The Hall–Kier alpha value is -1.79. The zero-order valence-electron chi connectivity index (χ0n) is 11.5. The van der Waals surface area contributed by atoms with Gasteiger partial charge in [-0.25, -0.2) is 4.79 Å². The van der Waals surface area contributed by atoms with Crippen molar-refractivity contribution in [2.75, 3.05) is 13.1 Å². The third-order valence-corrected chi connectivity index (χ3v) is 4.82. The van der Waals surface area contributed by atoms with Crippen molar-refractivity contribution in [1.29, 1.82) is 0 Å². The summed E-state index contributed by atoms with van der Waals surface area (Å²) in [5.74, 6) is -0.489. The molecule has 2 saturated heterocycles. The number of likely N-dealkylation sites (tertiary alicyclic amines) is 1. The Morgan fingerprint density at radius 3 is 2.36 bits per heavy atom. The number of hydrogen-bond donors (Lipinski definition) is 2. The molecule has 0 aromatic heterocycles. The van der Waals surface area contributed by atoms with Gasteiger partial charge in [-0.15, -0.1) is 0 Å². The lowest BCUT2D eigenvalue weighted by molar-refractivity contribution is -0.125. The molecule has 8 heteroatoms. The highest BCUT2D eigenvalue weighted by molar-refractivity contribution is 6.42. The molecule has 0 aliphatic carbocycles. The van der Waals surface area contributed by atoms with Crippen LogP contribution in [0.5, 0.6) is 0 Å². The number of carbonyl (C=O) groups is 3. The molecule has 6 nitrogen and oxygen atoms in total. The first-order valence-corrected chi connectivity index (χ1v) is 7.55. The smallest absolute Gasteiger partial charge is 0.322 e. The van der Waals surface area contributed by atoms with E-state index in [4.69, 9.17) is 23.2 Å². The van der Waals surface area contributed by atoms with E-state index in [9.17, 15) is 14.4 Å². The SMILES string of the molecule is O=C1NC(=O)C2(CCN(C(=O)c3ccc(Cl)c(Cl)c3)CC2)N1. The Kier molecular flexibility index (Phi) is 3.74. The van der Waals surface area contributed by atoms with Gasteiger partial charge in [0.15, 0.2) is 0 Å². The molecule has 1 aromatic carbocycles. The molecule has 1 spiro atoms. The van der Waals surface area contributed by atoms with Crippen molar-refractivity contribution in [3.05, 3.63) is 33.8 Å². The number of urea groups is 1. The van der Waals surface area contributed by atoms with Crippen molar-refractivity contribution in [3.63, 3.8) is 0 Å². The minimum atomic E-state index is -0.883. The highest BCUT2D eigenvalue weighted by Crippen LogP contribution is 2.28. The van der Waals surface area contributed by atoms with Crippen LogP contribution in [0.2, 0.25) is 10.0 Å². The molecule has 3 rings (SSSR count). The molecule has 2 N–H and O–H groups in total. The maximum absolute atomic E-state index is 12.4. The van der Waals surface area contributed by atoms with Gasteiger partial charge in [0.1, 0.15) is 5.54 Å². The normalized spacial score (nSPS) is 20.0. The Morgan fingerprint density at radius 2 is 1.82 bits per heavy atom. The second kappa shape index (κ2) is 5.44. The van der Waals surface area contributed by atoms with Gasteiger partial charge in [-0.2, -0.15) is 0 Å². The van der Waals surface area contributed by atoms with Crippen molar-refractivity contribution in [3.8, 4) is 0 Å². The molecule has 116 valence electrons. The number of benzene rings is 1. The van der Waals surface area contributed by atoms with Gasteiger partial charge in [-0.05, 0) is 31.0 Å². The summed E-state index contributed by atoms with van der Waals surface area (Å²) in [5, 5.41) is 5.61. The highest BCUT2D eigenvalue weighted by atomic mass is 35.5. The zero-order chi connectivity index (χ0) is 15.9. The molecule has 0 bridgehead atoms. The number of nitrogens with one attached hydrogen (secondary N) is 2. The zero-order valence-corrected chi connectivity index (χ0v) is 13.0. The summed E-state index contributed by atoms with van der Waals surface area (Å²) in [6, 6.07) is 4.24. The highest BCUT2D eigenvalue weighted by Gasteiger charge is 2.48. The Labute approximate surface area is 136 Å². The Bertz CT molecular complexity index is 669. The summed E-state index contributed by atoms with van der Waals surface area (Å²) in [4.78, 5) is 37.2. The first-order valence-electron chi connectivity index (χ1n) is 6.79. The standard InChI is InChI=1S/C14H13Cl2N3O3/c15-9-2-1-8(7-10(9)16)11(20)19-5-3-14(4-6-19)12(21)17-13(22)18-14/h1-2,7H,3-6H2,(H2,17,18,21,22).